The molecule has 0 spiro atoms. The molecule has 43 heavy (non-hydrogen) atoms. The van der Waals surface area contributed by atoms with E-state index in [1.165, 1.54) is 44.8 Å². The second-order valence-electron chi connectivity index (χ2n) is 11.6. The Balaban J connectivity index is 0.000000199. The SMILES string of the molecule is CC(Oc1ccccc1[CH]=[Ru]([Cl])[Cl])C(=O)N1CCCC1.Cc1cc(C)c(N2[CH-]N(c3c(C)cc(C)cc3C)CC2)c(C)c1. The summed E-state index contributed by atoms with van der Waals surface area (Å²) in [4.78, 5) is 18.9. The number of hydrogen-bond acceptors (Lipinski definition) is 4. The number of likely N-dealkylation sites (tertiary alicyclic amines) is 1. The first-order valence-electron chi connectivity index (χ1n) is 14.9. The first-order chi connectivity index (χ1) is 20.4. The molecule has 5 rings (SSSR count). The van der Waals surface area contributed by atoms with Crippen LogP contribution in [0.15, 0.2) is 48.5 Å². The Hall–Kier alpha value is -2.40. The van der Waals surface area contributed by atoms with Crippen LogP contribution in [-0.2, 0) is 18.3 Å². The fraction of sp³-hybridized carbons (Fsp3) is 0.400. The zero-order valence-electron chi connectivity index (χ0n) is 26.4. The molecule has 0 aromatic heterocycles. The molecule has 2 aliphatic heterocycles. The Morgan fingerprint density at radius 2 is 1.28 bits per heavy atom. The molecular formula is C35H44Cl2N3O2Ru-. The molecule has 2 aliphatic rings. The zero-order chi connectivity index (χ0) is 31.3. The molecule has 0 bridgehead atoms. The molecule has 0 aliphatic carbocycles. The number of aryl methyl sites for hydroxylation is 6. The third kappa shape index (κ3) is 8.62. The van der Waals surface area contributed by atoms with Gasteiger partial charge in [0.15, 0.2) is 0 Å². The van der Waals surface area contributed by atoms with Crippen LogP contribution in [0.4, 0.5) is 11.4 Å². The molecule has 0 N–H and O–H groups in total. The van der Waals surface area contributed by atoms with E-state index in [1.807, 2.05) is 33.8 Å². The molecular weight excluding hydrogens is 666 g/mol. The number of benzene rings is 3. The van der Waals surface area contributed by atoms with Gasteiger partial charge in [0.25, 0.3) is 0 Å². The van der Waals surface area contributed by atoms with Gasteiger partial charge in [-0.2, -0.15) is 6.67 Å². The third-order valence-electron chi connectivity index (χ3n) is 7.88. The number of rotatable bonds is 6. The fourth-order valence-corrected chi connectivity index (χ4v) is 8.09. The van der Waals surface area contributed by atoms with E-state index in [1.54, 1.807) is 6.92 Å². The molecule has 8 heteroatoms. The van der Waals surface area contributed by atoms with Gasteiger partial charge < -0.3 is 9.80 Å². The molecule has 3 aromatic rings. The molecule has 1 amide bonds. The van der Waals surface area contributed by atoms with Crippen molar-refractivity contribution in [1.82, 2.24) is 4.90 Å². The summed E-state index contributed by atoms with van der Waals surface area (Å²) in [5.41, 5.74) is 11.7. The van der Waals surface area contributed by atoms with Crippen LogP contribution in [0.2, 0.25) is 0 Å². The average molecular weight is 711 g/mol. The van der Waals surface area contributed by atoms with E-state index in [9.17, 15) is 4.79 Å². The molecule has 0 saturated carbocycles. The van der Waals surface area contributed by atoms with Crippen molar-refractivity contribution in [2.45, 2.75) is 67.4 Å². The van der Waals surface area contributed by atoms with E-state index >= 15 is 0 Å². The number of amides is 1. The number of ether oxygens (including phenoxy) is 1. The normalized spacial score (nSPS) is 15.7. The van der Waals surface area contributed by atoms with Crippen molar-refractivity contribution >= 4 is 41.3 Å². The predicted octanol–water partition coefficient (Wildman–Crippen LogP) is 8.14. The molecule has 2 fully saturated rings. The molecule has 5 nitrogen and oxygen atoms in total. The van der Waals surface area contributed by atoms with Crippen LogP contribution >= 0.6 is 19.4 Å². The Labute approximate surface area is 271 Å². The maximum atomic E-state index is 12.2. The number of hydrogen-bond donors (Lipinski definition) is 0. The summed E-state index contributed by atoms with van der Waals surface area (Å²) in [7, 11) is 11.8. The second-order valence-corrected chi connectivity index (χ2v) is 17.4. The minimum atomic E-state index is -1.91. The summed E-state index contributed by atoms with van der Waals surface area (Å²) in [5.74, 6) is 0.704. The van der Waals surface area contributed by atoms with Gasteiger partial charge in [-0.25, -0.2) is 0 Å². The molecule has 3 aromatic carbocycles. The number of halogens is 2. The van der Waals surface area contributed by atoms with Gasteiger partial charge in [-0.15, -0.1) is 0 Å². The van der Waals surface area contributed by atoms with Gasteiger partial charge in [0.05, 0.1) is 0 Å². The minimum Gasteiger partial charge on any atom is -0.502 e. The zero-order valence-corrected chi connectivity index (χ0v) is 29.6. The van der Waals surface area contributed by atoms with E-state index in [-0.39, 0.29) is 5.91 Å². The van der Waals surface area contributed by atoms with Crippen LogP contribution in [0.3, 0.4) is 0 Å². The van der Waals surface area contributed by atoms with Gasteiger partial charge >= 0.3 is 132 Å². The Morgan fingerprint density at radius 3 is 1.74 bits per heavy atom. The van der Waals surface area contributed by atoms with Crippen LogP contribution in [0.1, 0.15) is 58.7 Å². The summed E-state index contributed by atoms with van der Waals surface area (Å²) >= 11 is -1.91. The Bertz CT molecular complexity index is 1370. The van der Waals surface area contributed by atoms with Gasteiger partial charge in [0.2, 0.25) is 0 Å². The van der Waals surface area contributed by atoms with E-state index in [0.717, 1.165) is 44.6 Å². The van der Waals surface area contributed by atoms with Crippen LogP contribution < -0.4 is 14.5 Å². The van der Waals surface area contributed by atoms with Gasteiger partial charge in [-0.05, 0) is 63.8 Å². The monoisotopic (exact) mass is 710 g/mol. The standard InChI is InChI=1S/C21H27N2.C14H17NO2.2ClH.Ru/c1-14-9-16(3)20(17(4)10-14)22-7-8-23(13-22)21-18(5)11-15(2)12-19(21)6;1-11-7-3-4-8-13(11)17-12(2)14(16)15-9-5-6-10-15;;;/h9-13H,7-8H2,1-6H3;1,3-4,7-8,12H,5-6,9-10H2,2H3;2*1H;/q-1;;;;+2/p-2. The first kappa shape index (κ1) is 33.5. The molecule has 2 heterocycles. The average Bonchev–Trinajstić information content (AvgIpc) is 3.62. The second kappa shape index (κ2) is 15.1. The summed E-state index contributed by atoms with van der Waals surface area (Å²) in [6.45, 7) is 21.0. The van der Waals surface area contributed by atoms with Crippen LogP contribution in [-0.4, -0.2) is 47.7 Å². The summed E-state index contributed by atoms with van der Waals surface area (Å²) in [5, 5.41) is 0. The number of nitrogens with zero attached hydrogens (tertiary/aromatic N) is 3. The predicted molar refractivity (Wildman–Crippen MR) is 180 cm³/mol. The van der Waals surface area contributed by atoms with Gasteiger partial charge in [-0.3, -0.25) is 0 Å². The topological polar surface area (TPSA) is 36.0 Å². The molecule has 2 saturated heterocycles. The number of para-hydroxylation sites is 1. The maximum absolute atomic E-state index is 12.2. The molecule has 234 valence electrons. The van der Waals surface area contributed by atoms with E-state index in [0.29, 0.717) is 5.75 Å². The van der Waals surface area contributed by atoms with Gasteiger partial charge in [0.1, 0.15) is 0 Å². The summed E-state index contributed by atoms with van der Waals surface area (Å²) in [6, 6.07) is 16.6. The van der Waals surface area contributed by atoms with Crippen molar-refractivity contribution in [3.8, 4) is 5.75 Å². The number of carbonyl (C=O) groups is 1. The van der Waals surface area contributed by atoms with Gasteiger partial charge in [0, 0.05) is 24.5 Å². The fourth-order valence-electron chi connectivity index (χ4n) is 6.28. The van der Waals surface area contributed by atoms with Gasteiger partial charge in [-0.1, -0.05) is 35.4 Å². The number of carbonyl (C=O) groups excluding carboxylic acids is 1. The molecule has 1 unspecified atom stereocenters. The van der Waals surface area contributed by atoms with Crippen LogP contribution in [0.5, 0.6) is 5.75 Å². The number of anilines is 2. The smallest absolute Gasteiger partial charge is 0.0146 e. The molecule has 1 atom stereocenters. The van der Waals surface area contributed by atoms with E-state index in [4.69, 9.17) is 24.1 Å². The van der Waals surface area contributed by atoms with Crippen LogP contribution in [0.25, 0.3) is 0 Å². The quantitative estimate of drug-likeness (QED) is 0.191. The Morgan fingerprint density at radius 1 is 0.814 bits per heavy atom. The minimum absolute atomic E-state index is 0.0447. The van der Waals surface area contributed by atoms with E-state index < -0.39 is 19.6 Å². The van der Waals surface area contributed by atoms with Crippen molar-refractivity contribution in [1.29, 1.82) is 0 Å². The largest absolute Gasteiger partial charge is 0.502 e. The Kier molecular flexibility index (Phi) is 11.7. The van der Waals surface area contributed by atoms with Crippen molar-refractivity contribution < 1.29 is 23.0 Å². The summed E-state index contributed by atoms with van der Waals surface area (Å²) < 4.78 is 7.63. The molecule has 0 radical (unpaired) electrons. The first-order valence-corrected chi connectivity index (χ1v) is 20.3. The van der Waals surface area contributed by atoms with Crippen molar-refractivity contribution in [2.75, 3.05) is 36.0 Å². The summed E-state index contributed by atoms with van der Waals surface area (Å²) in [6.07, 6.45) is 1.66. The maximum Gasteiger partial charge on any atom is 0.0146 e. The van der Waals surface area contributed by atoms with Crippen molar-refractivity contribution in [3.63, 3.8) is 0 Å². The third-order valence-corrected chi connectivity index (χ3v) is 9.71. The van der Waals surface area contributed by atoms with Crippen molar-refractivity contribution in [3.05, 3.63) is 94.1 Å². The van der Waals surface area contributed by atoms with Crippen molar-refractivity contribution in [2.24, 2.45) is 0 Å². The van der Waals surface area contributed by atoms with E-state index in [2.05, 4.69) is 82.3 Å². The van der Waals surface area contributed by atoms with Crippen LogP contribution in [0, 0.1) is 48.2 Å².